The molecule has 0 heteroatoms. The lowest BCUT2D eigenvalue weighted by molar-refractivity contribution is 0.826. The van der Waals surface area contributed by atoms with Gasteiger partial charge in [0.1, 0.15) is 0 Å². The summed E-state index contributed by atoms with van der Waals surface area (Å²) in [6.07, 6.45) is 15.6. The average molecular weight is 409 g/mol. The zero-order chi connectivity index (χ0) is 21.1. The van der Waals surface area contributed by atoms with E-state index in [0.29, 0.717) is 5.92 Å². The number of hydrogen-bond donors (Lipinski definition) is 0. The van der Waals surface area contributed by atoms with Crippen LogP contribution in [-0.4, -0.2) is 0 Å². The first kappa shape index (κ1) is 18.0. The van der Waals surface area contributed by atoms with E-state index in [1.807, 2.05) is 0 Å². The van der Waals surface area contributed by atoms with E-state index in [4.69, 9.17) is 0 Å². The fraction of sp³-hybridized carbons (Fsp3) is 0.125. The monoisotopic (exact) mass is 408 g/mol. The molecule has 0 saturated carbocycles. The van der Waals surface area contributed by atoms with Gasteiger partial charge in [0, 0.05) is 5.92 Å². The quantitative estimate of drug-likeness (QED) is 0.303. The molecule has 3 aliphatic rings. The van der Waals surface area contributed by atoms with Gasteiger partial charge in [-0.05, 0) is 85.2 Å². The van der Waals surface area contributed by atoms with Crippen molar-refractivity contribution in [2.75, 3.05) is 0 Å². The number of allylic oxidation sites excluding steroid dienone is 6. The predicted octanol–water partition coefficient (Wildman–Crippen LogP) is 6.83. The lowest BCUT2D eigenvalue weighted by atomic mass is 9.77. The van der Waals surface area contributed by atoms with Crippen LogP contribution in [0.3, 0.4) is 0 Å². The topological polar surface area (TPSA) is 0 Å². The van der Waals surface area contributed by atoms with E-state index in [9.17, 15) is 0 Å². The number of hydrogen-bond acceptors (Lipinski definition) is 0. The summed E-state index contributed by atoms with van der Waals surface area (Å²) in [5, 5.41) is 8.07. The molecule has 0 heterocycles. The summed E-state index contributed by atoms with van der Waals surface area (Å²) in [5.41, 5.74) is 7.15. The molecule has 0 N–H and O–H groups in total. The Hall–Kier alpha value is -3.64. The summed E-state index contributed by atoms with van der Waals surface area (Å²) >= 11 is 0. The smallest absolute Gasteiger partial charge is 0.00652 e. The van der Waals surface area contributed by atoms with Crippen molar-refractivity contribution >= 4 is 33.2 Å². The second-order valence-corrected chi connectivity index (χ2v) is 9.19. The molecule has 4 aromatic rings. The van der Waals surface area contributed by atoms with Crippen LogP contribution in [0.2, 0.25) is 0 Å². The maximum Gasteiger partial charge on any atom is 0.00652 e. The van der Waals surface area contributed by atoms with Crippen molar-refractivity contribution in [3.63, 3.8) is 0 Å². The van der Waals surface area contributed by atoms with Crippen LogP contribution in [0.1, 0.15) is 19.3 Å². The third kappa shape index (κ3) is 2.63. The van der Waals surface area contributed by atoms with Crippen LogP contribution in [0.15, 0.2) is 108 Å². The van der Waals surface area contributed by atoms with Crippen molar-refractivity contribution < 1.29 is 0 Å². The Kier molecular flexibility index (Phi) is 3.90. The molecule has 0 aliphatic heterocycles. The molecule has 0 fully saturated rings. The first-order valence-corrected chi connectivity index (χ1v) is 11.7. The number of rotatable bonds is 1. The van der Waals surface area contributed by atoms with E-state index in [0.717, 1.165) is 6.42 Å². The van der Waals surface area contributed by atoms with Crippen molar-refractivity contribution in [2.24, 2.45) is 5.92 Å². The fourth-order valence-electron chi connectivity index (χ4n) is 5.90. The SMILES string of the molecule is C1=CC2=CC3=c4cccc(-c5c6ccccc6cc6ccccc56)c4=CCC3C=C2CC1. The van der Waals surface area contributed by atoms with E-state index in [1.54, 1.807) is 0 Å². The highest BCUT2D eigenvalue weighted by Crippen LogP contribution is 2.38. The second-order valence-electron chi connectivity index (χ2n) is 9.19. The molecule has 0 bridgehead atoms. The maximum atomic E-state index is 2.54. The minimum Gasteiger partial charge on any atom is -0.0836 e. The van der Waals surface area contributed by atoms with E-state index in [-0.39, 0.29) is 0 Å². The van der Waals surface area contributed by atoms with Gasteiger partial charge in [-0.3, -0.25) is 0 Å². The fourth-order valence-corrected chi connectivity index (χ4v) is 5.90. The highest BCUT2D eigenvalue weighted by molar-refractivity contribution is 6.12. The van der Waals surface area contributed by atoms with Crippen LogP contribution in [0, 0.1) is 5.92 Å². The molecule has 0 aromatic heterocycles. The molecule has 0 spiro atoms. The number of fused-ring (bicyclic) bond motifs is 5. The lowest BCUT2D eigenvalue weighted by Gasteiger charge is -2.27. The van der Waals surface area contributed by atoms with Crippen LogP contribution in [0.5, 0.6) is 0 Å². The van der Waals surface area contributed by atoms with E-state index >= 15 is 0 Å². The Morgan fingerprint density at radius 1 is 0.781 bits per heavy atom. The van der Waals surface area contributed by atoms with Crippen molar-refractivity contribution in [1.29, 1.82) is 0 Å². The summed E-state index contributed by atoms with van der Waals surface area (Å²) < 4.78 is 0. The molecule has 152 valence electrons. The standard InChI is InChI=1S/C32H24/c1-2-9-22-20-31-25(18-21(22)8-1)16-17-29-28(31)14-7-15-30(29)32-26-12-5-3-10-23(26)19-24-11-4-6-13-27(24)32/h2-7,9-15,17-20,25H,1,8,16H2. The van der Waals surface area contributed by atoms with Crippen LogP contribution in [0.4, 0.5) is 0 Å². The Labute approximate surface area is 188 Å². The van der Waals surface area contributed by atoms with Gasteiger partial charge in [-0.25, -0.2) is 0 Å². The van der Waals surface area contributed by atoms with E-state index in [1.165, 1.54) is 72.7 Å². The number of benzene rings is 4. The predicted molar refractivity (Wildman–Crippen MR) is 137 cm³/mol. The first-order valence-electron chi connectivity index (χ1n) is 11.7. The summed E-state index contributed by atoms with van der Waals surface area (Å²) in [7, 11) is 0. The Bertz CT molecular complexity index is 1590. The Morgan fingerprint density at radius 3 is 2.38 bits per heavy atom. The molecular weight excluding hydrogens is 384 g/mol. The van der Waals surface area contributed by atoms with Crippen LogP contribution in [-0.2, 0) is 0 Å². The lowest BCUT2D eigenvalue weighted by Crippen LogP contribution is -2.34. The zero-order valence-corrected chi connectivity index (χ0v) is 18.0. The highest BCUT2D eigenvalue weighted by Gasteiger charge is 2.23. The largest absolute Gasteiger partial charge is 0.0836 e. The first-order chi connectivity index (χ1) is 15.9. The molecule has 1 atom stereocenters. The van der Waals surface area contributed by atoms with Crippen LogP contribution in [0.25, 0.3) is 44.3 Å². The summed E-state index contributed by atoms with van der Waals surface area (Å²) in [5.74, 6) is 0.507. The van der Waals surface area contributed by atoms with Crippen LogP contribution < -0.4 is 10.4 Å². The van der Waals surface area contributed by atoms with Gasteiger partial charge in [-0.15, -0.1) is 0 Å². The van der Waals surface area contributed by atoms with Crippen LogP contribution >= 0.6 is 0 Å². The van der Waals surface area contributed by atoms with Crippen molar-refractivity contribution in [1.82, 2.24) is 0 Å². The Balaban J connectivity index is 1.58. The van der Waals surface area contributed by atoms with Gasteiger partial charge in [-0.2, -0.15) is 0 Å². The maximum absolute atomic E-state index is 2.54. The second kappa shape index (κ2) is 6.93. The normalized spacial score (nSPS) is 19.0. The third-order valence-corrected chi connectivity index (χ3v) is 7.40. The summed E-state index contributed by atoms with van der Waals surface area (Å²) in [6, 6.07) is 26.9. The molecule has 32 heavy (non-hydrogen) atoms. The highest BCUT2D eigenvalue weighted by atomic mass is 14.3. The minimum atomic E-state index is 0.507. The van der Waals surface area contributed by atoms with E-state index < -0.39 is 0 Å². The van der Waals surface area contributed by atoms with E-state index in [2.05, 4.69) is 103 Å². The van der Waals surface area contributed by atoms with Gasteiger partial charge in [-0.1, -0.05) is 97.1 Å². The van der Waals surface area contributed by atoms with Crippen molar-refractivity contribution in [2.45, 2.75) is 19.3 Å². The third-order valence-electron chi connectivity index (χ3n) is 7.40. The van der Waals surface area contributed by atoms with Gasteiger partial charge in [0.15, 0.2) is 0 Å². The molecule has 0 saturated heterocycles. The van der Waals surface area contributed by atoms with Gasteiger partial charge >= 0.3 is 0 Å². The molecule has 0 radical (unpaired) electrons. The minimum absolute atomic E-state index is 0.507. The molecular formula is C32H24. The molecule has 3 aliphatic carbocycles. The Morgan fingerprint density at radius 2 is 1.56 bits per heavy atom. The molecule has 1 unspecified atom stereocenters. The summed E-state index contributed by atoms with van der Waals surface area (Å²) in [6.45, 7) is 0. The zero-order valence-electron chi connectivity index (χ0n) is 18.0. The van der Waals surface area contributed by atoms with Gasteiger partial charge in [0.05, 0.1) is 0 Å². The summed E-state index contributed by atoms with van der Waals surface area (Å²) in [4.78, 5) is 0. The molecule has 0 nitrogen and oxygen atoms in total. The molecule has 4 aromatic carbocycles. The van der Waals surface area contributed by atoms with Crippen molar-refractivity contribution in [3.05, 3.63) is 119 Å². The average Bonchev–Trinajstić information content (AvgIpc) is 2.85. The van der Waals surface area contributed by atoms with Crippen molar-refractivity contribution in [3.8, 4) is 11.1 Å². The molecule has 0 amide bonds. The van der Waals surface area contributed by atoms with Gasteiger partial charge < -0.3 is 0 Å². The van der Waals surface area contributed by atoms with Gasteiger partial charge in [0.25, 0.3) is 0 Å². The molecule has 7 rings (SSSR count). The van der Waals surface area contributed by atoms with Gasteiger partial charge in [0.2, 0.25) is 0 Å².